The topological polar surface area (TPSA) is 82.1 Å². The molecule has 1 aliphatic rings. The first-order valence-electron chi connectivity index (χ1n) is 10.3. The molecule has 0 aromatic heterocycles. The predicted octanol–water partition coefficient (Wildman–Crippen LogP) is 4.39. The summed E-state index contributed by atoms with van der Waals surface area (Å²) in [7, 11) is 0. The summed E-state index contributed by atoms with van der Waals surface area (Å²) < 4.78 is 16.8. The van der Waals surface area contributed by atoms with E-state index in [0.29, 0.717) is 24.3 Å². The molecule has 0 saturated carbocycles. The van der Waals surface area contributed by atoms with Gasteiger partial charge >= 0.3 is 5.97 Å². The number of aliphatic carboxylic acids is 1. The van der Waals surface area contributed by atoms with Gasteiger partial charge in [0.2, 0.25) is 0 Å². The van der Waals surface area contributed by atoms with Crippen LogP contribution in [0, 0.1) is 0 Å². The van der Waals surface area contributed by atoms with Crippen molar-refractivity contribution in [1.82, 2.24) is 0 Å². The van der Waals surface area contributed by atoms with Crippen LogP contribution in [0.15, 0.2) is 18.2 Å². The Hall–Kier alpha value is -1.92. The highest BCUT2D eigenvalue weighted by Gasteiger charge is 2.13. The van der Waals surface area contributed by atoms with Gasteiger partial charge in [-0.05, 0) is 62.6 Å². The van der Waals surface area contributed by atoms with Crippen LogP contribution in [-0.2, 0) is 20.7 Å². The number of aryl methyl sites for hydroxylation is 1. The molecular weight excluding hydrogens is 360 g/mol. The summed E-state index contributed by atoms with van der Waals surface area (Å²) in [6.45, 7) is 1.89. The smallest absolute Gasteiger partial charge is 0.303 e. The van der Waals surface area contributed by atoms with Gasteiger partial charge in [0, 0.05) is 25.2 Å². The summed E-state index contributed by atoms with van der Waals surface area (Å²) in [5, 5.41) is 8.63. The quantitative estimate of drug-likeness (QED) is 0.373. The molecule has 1 aliphatic heterocycles. The lowest BCUT2D eigenvalue weighted by Crippen LogP contribution is -2.22. The van der Waals surface area contributed by atoms with Crippen molar-refractivity contribution in [3.63, 3.8) is 0 Å². The van der Waals surface area contributed by atoms with Crippen LogP contribution >= 0.6 is 0 Å². The molecule has 1 N–H and O–H groups in total. The Labute approximate surface area is 167 Å². The van der Waals surface area contributed by atoms with E-state index in [2.05, 4.69) is 0 Å². The van der Waals surface area contributed by atoms with Crippen LogP contribution in [0.3, 0.4) is 0 Å². The monoisotopic (exact) mass is 392 g/mol. The van der Waals surface area contributed by atoms with Crippen molar-refractivity contribution in [2.75, 3.05) is 19.8 Å². The minimum absolute atomic E-state index is 0.00578. The largest absolute Gasteiger partial charge is 0.494 e. The normalized spacial score (nSPS) is 16.6. The van der Waals surface area contributed by atoms with Gasteiger partial charge in [0.15, 0.2) is 6.29 Å². The van der Waals surface area contributed by atoms with Crippen molar-refractivity contribution in [3.05, 3.63) is 29.3 Å². The zero-order chi connectivity index (χ0) is 20.0. The molecule has 1 aromatic rings. The van der Waals surface area contributed by atoms with Crippen molar-refractivity contribution < 1.29 is 28.9 Å². The molecule has 0 radical (unpaired) electrons. The zero-order valence-electron chi connectivity index (χ0n) is 16.6. The molecule has 0 spiro atoms. The summed E-state index contributed by atoms with van der Waals surface area (Å²) >= 11 is 0. The lowest BCUT2D eigenvalue weighted by atomic mass is 10.0. The van der Waals surface area contributed by atoms with Crippen molar-refractivity contribution in [3.8, 4) is 5.75 Å². The lowest BCUT2D eigenvalue weighted by molar-refractivity contribution is -0.162. The molecule has 2 rings (SSSR count). The second kappa shape index (κ2) is 13.3. The maximum Gasteiger partial charge on any atom is 0.303 e. The fourth-order valence-electron chi connectivity index (χ4n) is 3.24. The van der Waals surface area contributed by atoms with Gasteiger partial charge in [0.25, 0.3) is 0 Å². The standard InChI is InChI=1S/C22H32O6/c23-17-19-16-20(26-15-7-9-21(24)25)12-11-18(19)8-3-1-2-5-13-27-22-10-4-6-14-28-22/h11-12,16-17,22H,1-10,13-15H2,(H,24,25). The molecule has 1 aromatic carbocycles. The van der Waals surface area contributed by atoms with Crippen molar-refractivity contribution in [1.29, 1.82) is 0 Å². The first-order chi connectivity index (χ1) is 13.7. The number of carboxylic acid groups (broad SMARTS) is 1. The Morgan fingerprint density at radius 2 is 2.00 bits per heavy atom. The maximum atomic E-state index is 11.4. The molecule has 1 heterocycles. The van der Waals surface area contributed by atoms with E-state index < -0.39 is 5.97 Å². The van der Waals surface area contributed by atoms with E-state index in [1.165, 1.54) is 6.42 Å². The Bertz CT molecular complexity index is 595. The fraction of sp³-hybridized carbons (Fsp3) is 0.636. The van der Waals surface area contributed by atoms with Crippen LogP contribution in [0.5, 0.6) is 5.75 Å². The predicted molar refractivity (Wildman–Crippen MR) is 106 cm³/mol. The molecule has 0 bridgehead atoms. The summed E-state index contributed by atoms with van der Waals surface area (Å²) in [5.74, 6) is -0.222. The van der Waals surface area contributed by atoms with Gasteiger partial charge in [-0.25, -0.2) is 0 Å². The van der Waals surface area contributed by atoms with Crippen LogP contribution in [0.25, 0.3) is 0 Å². The van der Waals surface area contributed by atoms with E-state index in [4.69, 9.17) is 19.3 Å². The zero-order valence-corrected chi connectivity index (χ0v) is 16.6. The number of benzene rings is 1. The molecule has 28 heavy (non-hydrogen) atoms. The van der Waals surface area contributed by atoms with Gasteiger partial charge in [0.05, 0.1) is 6.61 Å². The highest BCUT2D eigenvalue weighted by molar-refractivity contribution is 5.78. The average molecular weight is 392 g/mol. The number of carbonyl (C=O) groups is 2. The Balaban J connectivity index is 1.60. The summed E-state index contributed by atoms with van der Waals surface area (Å²) in [6, 6.07) is 5.52. The van der Waals surface area contributed by atoms with Gasteiger partial charge in [0.1, 0.15) is 12.0 Å². The van der Waals surface area contributed by atoms with Crippen LogP contribution in [0.1, 0.15) is 73.7 Å². The van der Waals surface area contributed by atoms with E-state index in [0.717, 1.165) is 70.0 Å². The third kappa shape index (κ3) is 8.85. The van der Waals surface area contributed by atoms with Gasteiger partial charge < -0.3 is 19.3 Å². The van der Waals surface area contributed by atoms with E-state index in [9.17, 15) is 9.59 Å². The summed E-state index contributed by atoms with van der Waals surface area (Å²) in [6.07, 6.45) is 9.84. The average Bonchev–Trinajstić information content (AvgIpc) is 2.71. The van der Waals surface area contributed by atoms with Crippen molar-refractivity contribution >= 4 is 12.3 Å². The molecule has 1 saturated heterocycles. The van der Waals surface area contributed by atoms with E-state index in [1.807, 2.05) is 12.1 Å². The number of rotatable bonds is 14. The molecule has 6 nitrogen and oxygen atoms in total. The molecular formula is C22H32O6. The van der Waals surface area contributed by atoms with Gasteiger partial charge in [-0.3, -0.25) is 9.59 Å². The minimum Gasteiger partial charge on any atom is -0.494 e. The molecule has 6 heteroatoms. The first kappa shape index (κ1) is 22.4. The Kier molecular flexibility index (Phi) is 10.6. The van der Waals surface area contributed by atoms with Gasteiger partial charge in [-0.2, -0.15) is 0 Å². The molecule has 1 atom stereocenters. The number of ether oxygens (including phenoxy) is 3. The van der Waals surface area contributed by atoms with E-state index >= 15 is 0 Å². The molecule has 1 fully saturated rings. The number of hydrogen-bond donors (Lipinski definition) is 1. The second-order valence-corrected chi connectivity index (χ2v) is 7.16. The van der Waals surface area contributed by atoms with Crippen LogP contribution in [0.4, 0.5) is 0 Å². The lowest BCUT2D eigenvalue weighted by Gasteiger charge is -2.22. The number of hydrogen-bond acceptors (Lipinski definition) is 5. The Morgan fingerprint density at radius 3 is 2.75 bits per heavy atom. The Morgan fingerprint density at radius 1 is 1.14 bits per heavy atom. The maximum absolute atomic E-state index is 11.4. The molecule has 1 unspecified atom stereocenters. The highest BCUT2D eigenvalue weighted by atomic mass is 16.7. The van der Waals surface area contributed by atoms with Gasteiger partial charge in [-0.15, -0.1) is 0 Å². The number of carbonyl (C=O) groups excluding carboxylic acids is 1. The SMILES string of the molecule is O=Cc1cc(OCCCC(=O)O)ccc1CCCCCCOC1CCCCO1. The molecule has 0 aliphatic carbocycles. The third-order valence-corrected chi connectivity index (χ3v) is 4.83. The number of unbranched alkanes of at least 4 members (excludes halogenated alkanes) is 3. The van der Waals surface area contributed by atoms with Crippen LogP contribution in [0.2, 0.25) is 0 Å². The van der Waals surface area contributed by atoms with E-state index in [-0.39, 0.29) is 12.7 Å². The minimum atomic E-state index is -0.832. The number of aldehydes is 1. The second-order valence-electron chi connectivity index (χ2n) is 7.16. The number of carboxylic acids is 1. The third-order valence-electron chi connectivity index (χ3n) is 4.83. The summed E-state index contributed by atoms with van der Waals surface area (Å²) in [4.78, 5) is 21.9. The van der Waals surface area contributed by atoms with Crippen molar-refractivity contribution in [2.45, 2.75) is 70.5 Å². The first-order valence-corrected chi connectivity index (χ1v) is 10.3. The van der Waals surface area contributed by atoms with Crippen LogP contribution < -0.4 is 4.74 Å². The molecule has 0 amide bonds. The molecule has 156 valence electrons. The highest BCUT2D eigenvalue weighted by Crippen LogP contribution is 2.20. The van der Waals surface area contributed by atoms with Gasteiger partial charge in [-0.1, -0.05) is 18.9 Å². The van der Waals surface area contributed by atoms with Crippen molar-refractivity contribution in [2.24, 2.45) is 0 Å². The van der Waals surface area contributed by atoms with Crippen LogP contribution in [-0.4, -0.2) is 43.5 Å². The summed E-state index contributed by atoms with van der Waals surface area (Å²) in [5.41, 5.74) is 1.67. The van der Waals surface area contributed by atoms with E-state index in [1.54, 1.807) is 6.07 Å². The fourth-order valence-corrected chi connectivity index (χ4v) is 3.24.